The van der Waals surface area contributed by atoms with Crippen LogP contribution < -0.4 is 0 Å². The Bertz CT molecular complexity index is 507. The van der Waals surface area contributed by atoms with Crippen LogP contribution in [0.5, 0.6) is 0 Å². The third-order valence-electron chi connectivity index (χ3n) is 3.73. The lowest BCUT2D eigenvalue weighted by Gasteiger charge is -2.07. The molecular weight excluding hydrogens is 284 g/mol. The molecule has 0 aromatic heterocycles. The van der Waals surface area contributed by atoms with E-state index >= 15 is 0 Å². The summed E-state index contributed by atoms with van der Waals surface area (Å²) in [6.45, 7) is 4.51. The largest absolute Gasteiger partial charge is 0.294 e. The number of hydrogen-bond donors (Lipinski definition) is 1. The lowest BCUT2D eigenvalue weighted by molar-refractivity contribution is 0.481. The SMILES string of the molecule is CC(C)CCCCCCCCc1ccccc1S(=O)(=O)O. The van der Waals surface area contributed by atoms with E-state index < -0.39 is 10.1 Å². The minimum absolute atomic E-state index is 0.0573. The number of aryl methyl sites for hydroxylation is 1. The van der Waals surface area contributed by atoms with Gasteiger partial charge in [-0.3, -0.25) is 4.55 Å². The summed E-state index contributed by atoms with van der Waals surface area (Å²) in [5, 5.41) is 0. The molecule has 0 spiro atoms. The van der Waals surface area contributed by atoms with E-state index in [1.807, 2.05) is 6.07 Å². The molecule has 1 aromatic rings. The maximum absolute atomic E-state index is 11.3. The Balaban J connectivity index is 2.25. The van der Waals surface area contributed by atoms with Gasteiger partial charge in [-0.25, -0.2) is 0 Å². The van der Waals surface area contributed by atoms with Gasteiger partial charge in [-0.1, -0.05) is 70.6 Å². The molecule has 120 valence electrons. The van der Waals surface area contributed by atoms with Crippen molar-refractivity contribution in [3.05, 3.63) is 29.8 Å². The molecule has 0 unspecified atom stereocenters. The monoisotopic (exact) mass is 312 g/mol. The average molecular weight is 312 g/mol. The van der Waals surface area contributed by atoms with Crippen LogP contribution in [0.2, 0.25) is 0 Å². The fourth-order valence-corrected chi connectivity index (χ4v) is 3.29. The Morgan fingerprint density at radius 2 is 1.52 bits per heavy atom. The van der Waals surface area contributed by atoms with Gasteiger partial charge in [-0.05, 0) is 30.4 Å². The first kappa shape index (κ1) is 18.2. The maximum atomic E-state index is 11.3. The van der Waals surface area contributed by atoms with Crippen LogP contribution in [0.3, 0.4) is 0 Å². The average Bonchev–Trinajstić information content (AvgIpc) is 2.41. The lowest BCUT2D eigenvalue weighted by atomic mass is 10.0. The van der Waals surface area contributed by atoms with Crippen molar-refractivity contribution < 1.29 is 13.0 Å². The fraction of sp³-hybridized carbons (Fsp3) is 0.647. The van der Waals surface area contributed by atoms with E-state index in [1.165, 1.54) is 38.2 Å². The molecule has 0 atom stereocenters. The molecule has 0 heterocycles. The molecule has 1 aromatic carbocycles. The molecule has 0 radical (unpaired) electrons. The third-order valence-corrected chi connectivity index (χ3v) is 4.68. The molecule has 4 heteroatoms. The van der Waals surface area contributed by atoms with Gasteiger partial charge in [0.25, 0.3) is 10.1 Å². The summed E-state index contributed by atoms with van der Waals surface area (Å²) < 4.78 is 31.7. The van der Waals surface area contributed by atoms with Gasteiger partial charge in [0.2, 0.25) is 0 Å². The molecule has 0 aliphatic rings. The molecular formula is C17H28O3S. The summed E-state index contributed by atoms with van der Waals surface area (Å²) in [4.78, 5) is 0.0573. The highest BCUT2D eigenvalue weighted by molar-refractivity contribution is 7.85. The highest BCUT2D eigenvalue weighted by Gasteiger charge is 2.13. The van der Waals surface area contributed by atoms with Crippen LogP contribution in [0, 0.1) is 5.92 Å². The topological polar surface area (TPSA) is 54.4 Å². The zero-order chi connectivity index (χ0) is 15.7. The van der Waals surface area contributed by atoms with Crippen molar-refractivity contribution in [3.8, 4) is 0 Å². The summed E-state index contributed by atoms with van der Waals surface area (Å²) in [6, 6.07) is 6.71. The second kappa shape index (κ2) is 9.21. The van der Waals surface area contributed by atoms with Gasteiger partial charge in [-0.2, -0.15) is 8.42 Å². The van der Waals surface area contributed by atoms with Crippen LogP contribution in [0.15, 0.2) is 29.2 Å². The van der Waals surface area contributed by atoms with Crippen molar-refractivity contribution in [2.24, 2.45) is 5.92 Å². The van der Waals surface area contributed by atoms with Crippen molar-refractivity contribution in [3.63, 3.8) is 0 Å². The number of rotatable bonds is 10. The van der Waals surface area contributed by atoms with Gasteiger partial charge >= 0.3 is 0 Å². The zero-order valence-electron chi connectivity index (χ0n) is 13.2. The van der Waals surface area contributed by atoms with E-state index in [9.17, 15) is 13.0 Å². The van der Waals surface area contributed by atoms with Gasteiger partial charge in [0.05, 0.1) is 4.90 Å². The van der Waals surface area contributed by atoms with E-state index in [0.29, 0.717) is 6.42 Å². The molecule has 0 amide bonds. The molecule has 1 N–H and O–H groups in total. The normalized spacial score (nSPS) is 12.0. The zero-order valence-corrected chi connectivity index (χ0v) is 14.0. The standard InChI is InChI=1S/C17H28O3S/c1-15(2)11-7-5-3-4-6-8-12-16-13-9-10-14-17(16)21(18,19)20/h9-10,13-15H,3-8,11-12H2,1-2H3,(H,18,19,20). The fourth-order valence-electron chi connectivity index (χ4n) is 2.54. The van der Waals surface area contributed by atoms with Crippen molar-refractivity contribution in [2.75, 3.05) is 0 Å². The first-order chi connectivity index (χ1) is 9.91. The number of unbranched alkanes of at least 4 members (excludes halogenated alkanes) is 5. The highest BCUT2D eigenvalue weighted by atomic mass is 32.2. The molecule has 0 bridgehead atoms. The van der Waals surface area contributed by atoms with Crippen LogP contribution in [-0.2, 0) is 16.5 Å². The minimum atomic E-state index is -4.10. The van der Waals surface area contributed by atoms with Gasteiger partial charge in [-0.15, -0.1) is 0 Å². The Kier molecular flexibility index (Phi) is 7.97. The van der Waals surface area contributed by atoms with Crippen molar-refractivity contribution >= 4 is 10.1 Å². The molecule has 3 nitrogen and oxygen atoms in total. The third kappa shape index (κ3) is 7.63. The molecule has 1 rings (SSSR count). The number of hydrogen-bond acceptors (Lipinski definition) is 2. The van der Waals surface area contributed by atoms with Crippen molar-refractivity contribution in [1.29, 1.82) is 0 Å². The Morgan fingerprint density at radius 1 is 0.952 bits per heavy atom. The summed E-state index contributed by atoms with van der Waals surface area (Å²) in [5.74, 6) is 0.793. The first-order valence-corrected chi connectivity index (χ1v) is 9.40. The second-order valence-corrected chi connectivity index (χ2v) is 7.53. The first-order valence-electron chi connectivity index (χ1n) is 7.96. The van der Waals surface area contributed by atoms with Crippen LogP contribution in [0.1, 0.15) is 64.4 Å². The van der Waals surface area contributed by atoms with Crippen LogP contribution in [-0.4, -0.2) is 13.0 Å². The molecule has 21 heavy (non-hydrogen) atoms. The van der Waals surface area contributed by atoms with Gasteiger partial charge in [0.15, 0.2) is 0 Å². The lowest BCUT2D eigenvalue weighted by Crippen LogP contribution is -2.03. The summed E-state index contributed by atoms with van der Waals surface area (Å²) in [5.41, 5.74) is 0.722. The van der Waals surface area contributed by atoms with E-state index in [4.69, 9.17) is 0 Å². The van der Waals surface area contributed by atoms with E-state index in [2.05, 4.69) is 13.8 Å². The van der Waals surface area contributed by atoms with Gasteiger partial charge in [0.1, 0.15) is 0 Å². The smallest absolute Gasteiger partial charge is 0.282 e. The summed E-state index contributed by atoms with van der Waals surface area (Å²) in [7, 11) is -4.10. The van der Waals surface area contributed by atoms with Gasteiger partial charge < -0.3 is 0 Å². The van der Waals surface area contributed by atoms with Crippen molar-refractivity contribution in [2.45, 2.75) is 70.1 Å². The molecule has 0 fully saturated rings. The molecule has 0 aliphatic heterocycles. The second-order valence-electron chi connectivity index (χ2n) is 6.14. The van der Waals surface area contributed by atoms with Crippen LogP contribution in [0.4, 0.5) is 0 Å². The van der Waals surface area contributed by atoms with E-state index in [1.54, 1.807) is 12.1 Å². The molecule has 0 saturated heterocycles. The van der Waals surface area contributed by atoms with Gasteiger partial charge in [0, 0.05) is 0 Å². The predicted octanol–water partition coefficient (Wildman–Crippen LogP) is 4.86. The Hall–Kier alpha value is -0.870. The minimum Gasteiger partial charge on any atom is -0.282 e. The molecule has 0 aliphatic carbocycles. The van der Waals surface area contributed by atoms with Crippen molar-refractivity contribution in [1.82, 2.24) is 0 Å². The van der Waals surface area contributed by atoms with Crippen LogP contribution in [0.25, 0.3) is 0 Å². The predicted molar refractivity (Wildman–Crippen MR) is 87.1 cm³/mol. The van der Waals surface area contributed by atoms with Crippen LogP contribution >= 0.6 is 0 Å². The summed E-state index contributed by atoms with van der Waals surface area (Å²) in [6.07, 6.45) is 9.16. The summed E-state index contributed by atoms with van der Waals surface area (Å²) >= 11 is 0. The van der Waals surface area contributed by atoms with E-state index in [-0.39, 0.29) is 4.90 Å². The Labute approximate surface area is 129 Å². The van der Waals surface area contributed by atoms with E-state index in [0.717, 1.165) is 24.3 Å². The maximum Gasteiger partial charge on any atom is 0.294 e. The molecule has 0 saturated carbocycles. The quantitative estimate of drug-likeness (QED) is 0.495. The number of benzene rings is 1. The Morgan fingerprint density at radius 3 is 2.14 bits per heavy atom. The highest BCUT2D eigenvalue weighted by Crippen LogP contribution is 2.18.